The molecule has 0 aromatic carbocycles. The van der Waals surface area contributed by atoms with Gasteiger partial charge in [-0.3, -0.25) is 4.68 Å². The predicted molar refractivity (Wildman–Crippen MR) is 54.9 cm³/mol. The van der Waals surface area contributed by atoms with E-state index in [0.29, 0.717) is 17.9 Å². The average Bonchev–Trinajstić information content (AvgIpc) is 2.75. The molecule has 0 saturated carbocycles. The first kappa shape index (κ1) is 9.93. The van der Waals surface area contributed by atoms with Gasteiger partial charge in [0.15, 0.2) is 5.69 Å². The fourth-order valence-electron chi connectivity index (χ4n) is 1.27. The summed E-state index contributed by atoms with van der Waals surface area (Å²) in [5.74, 6) is 0.653. The zero-order chi connectivity index (χ0) is 10.8. The van der Waals surface area contributed by atoms with Crippen molar-refractivity contribution in [2.75, 3.05) is 0 Å². The monoisotopic (exact) mass is 266 g/mol. The SMILES string of the molecule is Cn1cc(Cc2cc(C#N)no2)c(Br)n1. The molecule has 5 nitrogen and oxygen atoms in total. The van der Waals surface area contributed by atoms with Crippen LogP contribution in [-0.2, 0) is 13.5 Å². The van der Waals surface area contributed by atoms with Crippen LogP contribution in [0.5, 0.6) is 0 Å². The third-order valence-electron chi connectivity index (χ3n) is 1.89. The van der Waals surface area contributed by atoms with Crippen LogP contribution < -0.4 is 0 Å². The Labute approximate surface area is 94.4 Å². The summed E-state index contributed by atoms with van der Waals surface area (Å²) in [4.78, 5) is 0. The van der Waals surface area contributed by atoms with E-state index in [1.165, 1.54) is 0 Å². The maximum atomic E-state index is 8.58. The molecule has 0 N–H and O–H groups in total. The van der Waals surface area contributed by atoms with Crippen LogP contribution in [0.2, 0.25) is 0 Å². The van der Waals surface area contributed by atoms with E-state index in [-0.39, 0.29) is 0 Å². The molecule has 0 fully saturated rings. The highest BCUT2D eigenvalue weighted by Crippen LogP contribution is 2.18. The van der Waals surface area contributed by atoms with Crippen molar-refractivity contribution in [1.29, 1.82) is 5.26 Å². The third kappa shape index (κ3) is 2.07. The molecule has 0 spiro atoms. The van der Waals surface area contributed by atoms with E-state index in [1.54, 1.807) is 10.7 Å². The molecule has 0 saturated heterocycles. The zero-order valence-electron chi connectivity index (χ0n) is 7.94. The average molecular weight is 267 g/mol. The van der Waals surface area contributed by atoms with Crippen LogP contribution in [0.3, 0.4) is 0 Å². The van der Waals surface area contributed by atoms with Gasteiger partial charge in [-0.1, -0.05) is 5.16 Å². The number of aromatic nitrogens is 3. The van der Waals surface area contributed by atoms with Crippen LogP contribution in [0, 0.1) is 11.3 Å². The number of aryl methyl sites for hydroxylation is 1. The molecule has 0 unspecified atom stereocenters. The molecule has 2 aromatic rings. The molecule has 0 bridgehead atoms. The number of hydrogen-bond donors (Lipinski definition) is 0. The van der Waals surface area contributed by atoms with Gasteiger partial charge < -0.3 is 4.52 Å². The van der Waals surface area contributed by atoms with Crippen molar-refractivity contribution >= 4 is 15.9 Å². The van der Waals surface area contributed by atoms with Gasteiger partial charge in [0.1, 0.15) is 16.4 Å². The molecule has 0 amide bonds. The summed E-state index contributed by atoms with van der Waals surface area (Å²) in [6, 6.07) is 3.54. The summed E-state index contributed by atoms with van der Waals surface area (Å²) in [5.41, 5.74) is 1.29. The normalized spacial score (nSPS) is 10.2. The topological polar surface area (TPSA) is 67.6 Å². The Morgan fingerprint density at radius 3 is 3.00 bits per heavy atom. The molecule has 2 aromatic heterocycles. The summed E-state index contributed by atoms with van der Waals surface area (Å²) in [6.45, 7) is 0. The second-order valence-electron chi connectivity index (χ2n) is 3.09. The molecular formula is C9H7BrN4O. The molecule has 0 atom stereocenters. The number of nitriles is 1. The Balaban J connectivity index is 2.22. The van der Waals surface area contributed by atoms with Crippen molar-refractivity contribution < 1.29 is 4.52 Å². The van der Waals surface area contributed by atoms with Crippen LogP contribution in [0.4, 0.5) is 0 Å². The van der Waals surface area contributed by atoms with Crippen LogP contribution in [-0.4, -0.2) is 14.9 Å². The molecule has 76 valence electrons. The quantitative estimate of drug-likeness (QED) is 0.829. The third-order valence-corrected chi connectivity index (χ3v) is 2.56. The van der Waals surface area contributed by atoms with Crippen molar-refractivity contribution in [2.24, 2.45) is 7.05 Å². The van der Waals surface area contributed by atoms with Crippen molar-refractivity contribution in [3.63, 3.8) is 0 Å². The maximum Gasteiger partial charge on any atom is 0.183 e. The van der Waals surface area contributed by atoms with Crippen molar-refractivity contribution in [1.82, 2.24) is 14.9 Å². The molecule has 0 aliphatic heterocycles. The summed E-state index contributed by atoms with van der Waals surface area (Å²) in [6.07, 6.45) is 2.46. The van der Waals surface area contributed by atoms with Gasteiger partial charge in [-0.25, -0.2) is 0 Å². The Morgan fingerprint density at radius 2 is 2.47 bits per heavy atom. The van der Waals surface area contributed by atoms with E-state index >= 15 is 0 Å². The molecule has 2 heterocycles. The smallest absolute Gasteiger partial charge is 0.183 e. The Kier molecular flexibility index (Phi) is 2.56. The molecule has 6 heteroatoms. The number of nitrogens with zero attached hydrogens (tertiary/aromatic N) is 4. The van der Waals surface area contributed by atoms with E-state index in [2.05, 4.69) is 26.2 Å². The standard InChI is InChI=1S/C9H7BrN4O/c1-14-5-6(9(10)12-14)2-8-3-7(4-11)13-15-8/h3,5H,2H2,1H3. The second-order valence-corrected chi connectivity index (χ2v) is 3.84. The minimum atomic E-state index is 0.296. The van der Waals surface area contributed by atoms with Gasteiger partial charge in [-0.05, 0) is 15.9 Å². The van der Waals surface area contributed by atoms with Gasteiger partial charge >= 0.3 is 0 Å². The summed E-state index contributed by atoms with van der Waals surface area (Å²) >= 11 is 3.34. The minimum Gasteiger partial charge on any atom is -0.360 e. The molecule has 0 radical (unpaired) electrons. The van der Waals surface area contributed by atoms with Crippen LogP contribution in [0.15, 0.2) is 21.4 Å². The Morgan fingerprint density at radius 1 is 1.67 bits per heavy atom. The lowest BCUT2D eigenvalue weighted by atomic mass is 10.2. The summed E-state index contributed by atoms with van der Waals surface area (Å²) < 4.78 is 7.48. The molecule has 0 aliphatic carbocycles. The van der Waals surface area contributed by atoms with Crippen LogP contribution in [0.25, 0.3) is 0 Å². The molecule has 0 aliphatic rings. The van der Waals surface area contributed by atoms with Gasteiger partial charge in [0, 0.05) is 31.3 Å². The van der Waals surface area contributed by atoms with Crippen molar-refractivity contribution in [3.8, 4) is 6.07 Å². The summed E-state index contributed by atoms with van der Waals surface area (Å²) in [7, 11) is 1.84. The van der Waals surface area contributed by atoms with Gasteiger partial charge in [-0.2, -0.15) is 10.4 Å². The van der Waals surface area contributed by atoms with Crippen molar-refractivity contribution in [2.45, 2.75) is 6.42 Å². The number of hydrogen-bond acceptors (Lipinski definition) is 4. The first-order valence-corrected chi connectivity index (χ1v) is 5.02. The minimum absolute atomic E-state index is 0.296. The highest BCUT2D eigenvalue weighted by atomic mass is 79.9. The molecule has 2 rings (SSSR count). The largest absolute Gasteiger partial charge is 0.360 e. The molecule has 15 heavy (non-hydrogen) atoms. The lowest BCUT2D eigenvalue weighted by Crippen LogP contribution is -1.85. The fraction of sp³-hybridized carbons (Fsp3) is 0.222. The predicted octanol–water partition coefficient (Wildman–Crippen LogP) is 1.63. The highest BCUT2D eigenvalue weighted by molar-refractivity contribution is 9.10. The van der Waals surface area contributed by atoms with Gasteiger partial charge in [-0.15, -0.1) is 0 Å². The van der Waals surface area contributed by atoms with Crippen LogP contribution >= 0.6 is 15.9 Å². The first-order chi connectivity index (χ1) is 7.19. The van der Waals surface area contributed by atoms with Gasteiger partial charge in [0.25, 0.3) is 0 Å². The highest BCUT2D eigenvalue weighted by Gasteiger charge is 2.09. The van der Waals surface area contributed by atoms with E-state index in [0.717, 1.165) is 10.2 Å². The zero-order valence-corrected chi connectivity index (χ0v) is 9.52. The molecular weight excluding hydrogens is 260 g/mol. The number of halogens is 1. The second kappa shape index (κ2) is 3.87. The van der Waals surface area contributed by atoms with E-state index in [1.807, 2.05) is 19.3 Å². The van der Waals surface area contributed by atoms with Gasteiger partial charge in [0.05, 0.1) is 0 Å². The Hall–Kier alpha value is -1.61. The van der Waals surface area contributed by atoms with Gasteiger partial charge in [0.2, 0.25) is 0 Å². The van der Waals surface area contributed by atoms with Crippen LogP contribution in [0.1, 0.15) is 17.0 Å². The summed E-state index contributed by atoms with van der Waals surface area (Å²) in [5, 5.41) is 16.3. The van der Waals surface area contributed by atoms with Crippen molar-refractivity contribution in [3.05, 3.63) is 33.9 Å². The van der Waals surface area contributed by atoms with E-state index < -0.39 is 0 Å². The fourth-order valence-corrected chi connectivity index (χ4v) is 1.76. The van der Waals surface area contributed by atoms with E-state index in [4.69, 9.17) is 9.78 Å². The number of rotatable bonds is 2. The van der Waals surface area contributed by atoms with E-state index in [9.17, 15) is 0 Å². The lowest BCUT2D eigenvalue weighted by Gasteiger charge is -1.90. The maximum absolute atomic E-state index is 8.58. The first-order valence-electron chi connectivity index (χ1n) is 4.23. The lowest BCUT2D eigenvalue weighted by molar-refractivity contribution is 0.388. The Bertz CT molecular complexity index is 522.